The van der Waals surface area contributed by atoms with E-state index in [1.165, 1.54) is 0 Å². The summed E-state index contributed by atoms with van der Waals surface area (Å²) in [6.45, 7) is 3.63. The molecule has 20 heavy (non-hydrogen) atoms. The summed E-state index contributed by atoms with van der Waals surface area (Å²) in [6.07, 6.45) is 0.878. The van der Waals surface area contributed by atoms with Crippen LogP contribution in [0.2, 0.25) is 0 Å². The third-order valence-electron chi connectivity index (χ3n) is 3.60. The fraction of sp³-hybridized carbons (Fsp3) is 0.294. The predicted molar refractivity (Wildman–Crippen MR) is 80.1 cm³/mol. The fourth-order valence-electron chi connectivity index (χ4n) is 2.17. The Morgan fingerprint density at radius 1 is 1.25 bits per heavy atom. The molecular weight excluding hydrogens is 248 g/mol. The molecule has 3 heteroatoms. The molecule has 102 valence electrons. The normalized spacial score (nSPS) is 13.4. The summed E-state index contributed by atoms with van der Waals surface area (Å²) in [5.74, 6) is -0.118. The number of hydrogen-bond acceptors (Lipinski definition) is 2. The fourth-order valence-corrected chi connectivity index (χ4v) is 2.17. The van der Waals surface area contributed by atoms with Crippen molar-refractivity contribution in [2.75, 3.05) is 0 Å². The molecule has 0 bridgehead atoms. The van der Waals surface area contributed by atoms with E-state index in [1.54, 1.807) is 6.92 Å². The third kappa shape index (κ3) is 2.97. The maximum Gasteiger partial charge on any atom is 0.225 e. The minimum Gasteiger partial charge on any atom is -0.338 e. The second-order valence-electron chi connectivity index (χ2n) is 5.16. The van der Waals surface area contributed by atoms with Gasteiger partial charge in [-0.1, -0.05) is 49.4 Å². The quantitative estimate of drug-likeness (QED) is 0.924. The number of carbonyl (C=O) groups is 1. The molecule has 0 fully saturated rings. The van der Waals surface area contributed by atoms with Crippen molar-refractivity contribution in [3.8, 4) is 6.07 Å². The Morgan fingerprint density at radius 2 is 1.95 bits per heavy atom. The lowest BCUT2D eigenvalue weighted by Gasteiger charge is -2.21. The van der Waals surface area contributed by atoms with Crippen LogP contribution in [0.5, 0.6) is 0 Å². The smallest absolute Gasteiger partial charge is 0.225 e. The summed E-state index contributed by atoms with van der Waals surface area (Å²) in [5.41, 5.74) is 0.193. The Labute approximate surface area is 119 Å². The van der Waals surface area contributed by atoms with E-state index in [2.05, 4.69) is 11.4 Å². The maximum atomic E-state index is 12.1. The topological polar surface area (TPSA) is 52.9 Å². The van der Waals surface area contributed by atoms with E-state index in [9.17, 15) is 4.79 Å². The van der Waals surface area contributed by atoms with Gasteiger partial charge in [-0.2, -0.15) is 5.26 Å². The molecule has 1 atom stereocenters. The number of benzene rings is 2. The molecule has 0 unspecified atom stereocenters. The number of rotatable bonds is 4. The Bertz CT molecular complexity index is 667. The number of nitrogens with one attached hydrogen (secondary N) is 1. The first-order valence-corrected chi connectivity index (χ1v) is 6.77. The van der Waals surface area contributed by atoms with Gasteiger partial charge in [0.25, 0.3) is 0 Å². The highest BCUT2D eigenvalue weighted by Gasteiger charge is 2.23. The van der Waals surface area contributed by atoms with Gasteiger partial charge in [-0.3, -0.25) is 4.79 Å². The molecule has 0 saturated carbocycles. The van der Waals surface area contributed by atoms with E-state index in [-0.39, 0.29) is 5.91 Å². The maximum absolute atomic E-state index is 12.1. The summed E-state index contributed by atoms with van der Waals surface area (Å²) < 4.78 is 0. The van der Waals surface area contributed by atoms with E-state index in [0.29, 0.717) is 12.8 Å². The predicted octanol–water partition coefficient (Wildman–Crippen LogP) is 3.19. The van der Waals surface area contributed by atoms with Gasteiger partial charge in [0.1, 0.15) is 5.54 Å². The van der Waals surface area contributed by atoms with Gasteiger partial charge in [0.2, 0.25) is 5.91 Å². The molecule has 0 aliphatic rings. The van der Waals surface area contributed by atoms with Crippen LogP contribution in [0.25, 0.3) is 10.8 Å². The van der Waals surface area contributed by atoms with Crippen molar-refractivity contribution in [3.63, 3.8) is 0 Å². The molecule has 1 amide bonds. The lowest BCUT2D eigenvalue weighted by Crippen LogP contribution is -2.44. The largest absolute Gasteiger partial charge is 0.338 e. The van der Waals surface area contributed by atoms with Crippen molar-refractivity contribution in [2.24, 2.45) is 0 Å². The first-order chi connectivity index (χ1) is 9.58. The van der Waals surface area contributed by atoms with Gasteiger partial charge < -0.3 is 5.32 Å². The molecule has 2 aromatic carbocycles. The second-order valence-corrected chi connectivity index (χ2v) is 5.16. The van der Waals surface area contributed by atoms with E-state index in [0.717, 1.165) is 16.3 Å². The zero-order valence-electron chi connectivity index (χ0n) is 11.8. The molecule has 0 saturated heterocycles. The third-order valence-corrected chi connectivity index (χ3v) is 3.60. The minimum absolute atomic E-state index is 0.118. The SMILES string of the molecule is CC[C@](C)(C#N)NC(=O)Cc1cccc2ccccc12. The molecule has 0 heterocycles. The Kier molecular flexibility index (Phi) is 4.05. The Balaban J connectivity index is 2.21. The van der Waals surface area contributed by atoms with Crippen molar-refractivity contribution in [1.82, 2.24) is 5.32 Å². The van der Waals surface area contributed by atoms with Crippen LogP contribution in [0, 0.1) is 11.3 Å². The summed E-state index contributed by atoms with van der Waals surface area (Å²) in [4.78, 5) is 12.1. The molecule has 2 aromatic rings. The van der Waals surface area contributed by atoms with Crippen LogP contribution in [0.3, 0.4) is 0 Å². The van der Waals surface area contributed by atoms with Crippen molar-refractivity contribution >= 4 is 16.7 Å². The number of nitriles is 1. The highest BCUT2D eigenvalue weighted by atomic mass is 16.1. The molecule has 0 radical (unpaired) electrons. The van der Waals surface area contributed by atoms with Crippen molar-refractivity contribution in [3.05, 3.63) is 48.0 Å². The number of nitrogens with zero attached hydrogens (tertiary/aromatic N) is 1. The Morgan fingerprint density at radius 3 is 2.65 bits per heavy atom. The van der Waals surface area contributed by atoms with Crippen molar-refractivity contribution < 1.29 is 4.79 Å². The summed E-state index contributed by atoms with van der Waals surface area (Å²) >= 11 is 0. The highest BCUT2D eigenvalue weighted by Crippen LogP contribution is 2.19. The van der Waals surface area contributed by atoms with Gasteiger partial charge in [0, 0.05) is 0 Å². The number of amides is 1. The van der Waals surface area contributed by atoms with Gasteiger partial charge in [-0.05, 0) is 29.7 Å². The average molecular weight is 266 g/mol. The summed E-state index contributed by atoms with van der Waals surface area (Å²) in [5, 5.41) is 14.1. The van der Waals surface area contributed by atoms with Crippen LogP contribution in [-0.2, 0) is 11.2 Å². The van der Waals surface area contributed by atoms with Crippen LogP contribution >= 0.6 is 0 Å². The van der Waals surface area contributed by atoms with Gasteiger partial charge in [-0.25, -0.2) is 0 Å². The Hall–Kier alpha value is -2.34. The number of hydrogen-bond donors (Lipinski definition) is 1. The molecule has 0 aromatic heterocycles. The van der Waals surface area contributed by atoms with Gasteiger partial charge >= 0.3 is 0 Å². The van der Waals surface area contributed by atoms with E-state index >= 15 is 0 Å². The van der Waals surface area contributed by atoms with Gasteiger partial charge in [-0.15, -0.1) is 0 Å². The van der Waals surface area contributed by atoms with E-state index < -0.39 is 5.54 Å². The van der Waals surface area contributed by atoms with Gasteiger partial charge in [0.15, 0.2) is 0 Å². The summed E-state index contributed by atoms with van der Waals surface area (Å²) in [6, 6.07) is 16.1. The number of carbonyl (C=O) groups excluding carboxylic acids is 1. The summed E-state index contributed by atoms with van der Waals surface area (Å²) in [7, 11) is 0. The molecule has 3 nitrogen and oxygen atoms in total. The van der Waals surface area contributed by atoms with E-state index in [1.807, 2.05) is 49.4 Å². The van der Waals surface area contributed by atoms with Crippen molar-refractivity contribution in [2.45, 2.75) is 32.2 Å². The van der Waals surface area contributed by atoms with E-state index in [4.69, 9.17) is 5.26 Å². The second kappa shape index (κ2) is 5.75. The van der Waals surface area contributed by atoms with Crippen LogP contribution in [0.15, 0.2) is 42.5 Å². The minimum atomic E-state index is -0.790. The lowest BCUT2D eigenvalue weighted by atomic mass is 9.99. The van der Waals surface area contributed by atoms with Crippen LogP contribution in [0.1, 0.15) is 25.8 Å². The molecule has 0 spiro atoms. The van der Waals surface area contributed by atoms with Crippen LogP contribution in [-0.4, -0.2) is 11.4 Å². The first-order valence-electron chi connectivity index (χ1n) is 6.77. The lowest BCUT2D eigenvalue weighted by molar-refractivity contribution is -0.121. The zero-order valence-corrected chi connectivity index (χ0v) is 11.8. The molecule has 1 N–H and O–H groups in total. The molecule has 0 aliphatic carbocycles. The molecule has 2 rings (SSSR count). The van der Waals surface area contributed by atoms with Gasteiger partial charge in [0.05, 0.1) is 12.5 Å². The molecular formula is C17H18N2O. The molecule has 0 aliphatic heterocycles. The highest BCUT2D eigenvalue weighted by molar-refractivity contribution is 5.90. The number of fused-ring (bicyclic) bond motifs is 1. The van der Waals surface area contributed by atoms with Crippen LogP contribution < -0.4 is 5.32 Å². The standard InChI is InChI=1S/C17H18N2O/c1-3-17(2,12-18)19-16(20)11-14-9-6-8-13-7-4-5-10-15(13)14/h4-10H,3,11H2,1-2H3,(H,19,20)/t17-/m1/s1. The van der Waals surface area contributed by atoms with Crippen LogP contribution in [0.4, 0.5) is 0 Å². The zero-order chi connectivity index (χ0) is 14.6. The first kappa shape index (κ1) is 14.1. The average Bonchev–Trinajstić information content (AvgIpc) is 2.47. The van der Waals surface area contributed by atoms with Crippen molar-refractivity contribution in [1.29, 1.82) is 5.26 Å². The monoisotopic (exact) mass is 266 g/mol.